The lowest BCUT2D eigenvalue weighted by molar-refractivity contribution is 0.416. The molecule has 2 aromatic carbocycles. The van der Waals surface area contributed by atoms with E-state index in [4.69, 9.17) is 27.9 Å². The summed E-state index contributed by atoms with van der Waals surface area (Å²) in [6.07, 6.45) is 1.68. The summed E-state index contributed by atoms with van der Waals surface area (Å²) in [5.41, 5.74) is 3.56. The van der Waals surface area contributed by atoms with Crippen molar-refractivity contribution < 1.29 is 4.74 Å². The summed E-state index contributed by atoms with van der Waals surface area (Å²) < 4.78 is 5.55. The molecule has 5 nitrogen and oxygen atoms in total. The molecule has 0 saturated heterocycles. The monoisotopic (exact) mass is 412 g/mol. The summed E-state index contributed by atoms with van der Waals surface area (Å²) in [5.74, 6) is 0.646. The first-order valence-corrected chi connectivity index (χ1v) is 9.14. The van der Waals surface area contributed by atoms with Gasteiger partial charge in [-0.2, -0.15) is 0 Å². The van der Waals surface area contributed by atoms with Gasteiger partial charge >= 0.3 is 0 Å². The number of aromatic nitrogens is 1. The second-order valence-electron chi connectivity index (χ2n) is 5.88. The van der Waals surface area contributed by atoms with Crippen LogP contribution >= 0.6 is 23.2 Å². The number of benzene rings is 2. The minimum Gasteiger partial charge on any atom is -0.496 e. The Balaban J connectivity index is 1.86. The van der Waals surface area contributed by atoms with E-state index in [0.29, 0.717) is 27.2 Å². The van der Waals surface area contributed by atoms with Gasteiger partial charge in [0.05, 0.1) is 18.5 Å². The number of hydrogen-bond donors (Lipinski definition) is 0. The Hall–Kier alpha value is -2.89. The average Bonchev–Trinajstić information content (AvgIpc) is 2.73. The highest BCUT2D eigenvalue weighted by molar-refractivity contribution is 6.35. The van der Waals surface area contributed by atoms with Crippen LogP contribution in [0.4, 0.5) is 5.69 Å². The zero-order valence-electron chi connectivity index (χ0n) is 15.4. The van der Waals surface area contributed by atoms with Crippen LogP contribution in [-0.2, 0) is 0 Å². The van der Waals surface area contributed by atoms with Gasteiger partial charge in [-0.05, 0) is 42.5 Å². The molecule has 0 atom stereocenters. The van der Waals surface area contributed by atoms with Crippen molar-refractivity contribution in [2.75, 3.05) is 19.2 Å². The first-order chi connectivity index (χ1) is 13.5. The Bertz CT molecular complexity index is 1020. The lowest BCUT2D eigenvalue weighted by Gasteiger charge is -2.16. The maximum absolute atomic E-state index is 6.33. The zero-order chi connectivity index (χ0) is 20.1. The first-order valence-electron chi connectivity index (χ1n) is 8.38. The average molecular weight is 413 g/mol. The number of nitrogens with zero attached hydrogens (tertiary/aromatic N) is 4. The Kier molecular flexibility index (Phi) is 6.29. The zero-order valence-corrected chi connectivity index (χ0v) is 16.9. The summed E-state index contributed by atoms with van der Waals surface area (Å²) in [7, 11) is 3.39. The highest BCUT2D eigenvalue weighted by atomic mass is 35.5. The predicted octanol–water partition coefficient (Wildman–Crippen LogP) is 6.54. The molecule has 0 bridgehead atoms. The lowest BCUT2D eigenvalue weighted by Crippen LogP contribution is -2.07. The van der Waals surface area contributed by atoms with Gasteiger partial charge in [0.15, 0.2) is 0 Å². The van der Waals surface area contributed by atoms with Crippen molar-refractivity contribution in [3.63, 3.8) is 0 Å². The number of methoxy groups -OCH3 is 1. The molecule has 3 rings (SSSR count). The van der Waals surface area contributed by atoms with Gasteiger partial charge in [-0.1, -0.05) is 41.1 Å². The molecular formula is C21H18Cl2N4O. The van der Waals surface area contributed by atoms with E-state index in [-0.39, 0.29) is 0 Å². The van der Waals surface area contributed by atoms with Crippen molar-refractivity contribution in [2.45, 2.75) is 0 Å². The molecule has 0 fully saturated rings. The standard InChI is InChI=1S/C21H18Cl2N4O/c1-14(20-6-4-5-11-24-20)25-26-27(2)16-8-9-17(21(13-16)28-3)18-12-15(22)7-10-19(18)23/h4-13H,1H2,2-3H3. The molecule has 3 aromatic rings. The van der Waals surface area contributed by atoms with Gasteiger partial charge < -0.3 is 4.74 Å². The molecule has 0 saturated carbocycles. The van der Waals surface area contributed by atoms with Gasteiger partial charge in [0, 0.05) is 40.5 Å². The highest BCUT2D eigenvalue weighted by Gasteiger charge is 2.12. The van der Waals surface area contributed by atoms with E-state index in [9.17, 15) is 0 Å². The van der Waals surface area contributed by atoms with Crippen LogP contribution in [0.15, 0.2) is 77.7 Å². The molecular weight excluding hydrogens is 395 g/mol. The largest absolute Gasteiger partial charge is 0.496 e. The van der Waals surface area contributed by atoms with Crippen LogP contribution in [0.25, 0.3) is 16.8 Å². The van der Waals surface area contributed by atoms with Gasteiger partial charge in [0.25, 0.3) is 0 Å². The number of anilines is 1. The Morgan fingerprint density at radius 3 is 2.61 bits per heavy atom. The van der Waals surface area contributed by atoms with E-state index in [2.05, 4.69) is 21.9 Å². The van der Waals surface area contributed by atoms with Crippen molar-refractivity contribution in [3.05, 3.63) is 83.1 Å². The summed E-state index contributed by atoms with van der Waals surface area (Å²) >= 11 is 12.4. The Morgan fingerprint density at radius 2 is 1.89 bits per heavy atom. The van der Waals surface area contributed by atoms with Gasteiger partial charge in [-0.15, -0.1) is 5.11 Å². The molecule has 0 aliphatic heterocycles. The normalized spacial score (nSPS) is 10.9. The van der Waals surface area contributed by atoms with Crippen LogP contribution in [0.3, 0.4) is 0 Å². The number of rotatable bonds is 6. The van der Waals surface area contributed by atoms with Gasteiger partial charge in [-0.25, -0.2) is 5.01 Å². The van der Waals surface area contributed by atoms with E-state index in [1.807, 2.05) is 42.5 Å². The number of hydrogen-bond acceptors (Lipinski definition) is 4. The van der Waals surface area contributed by atoms with Crippen LogP contribution in [0, 0.1) is 0 Å². The van der Waals surface area contributed by atoms with Crippen LogP contribution in [0.2, 0.25) is 10.0 Å². The molecule has 0 amide bonds. The number of halogens is 2. The summed E-state index contributed by atoms with van der Waals surface area (Å²) in [6.45, 7) is 3.89. The Labute approximate surface area is 173 Å². The summed E-state index contributed by atoms with van der Waals surface area (Å²) in [5, 5.41) is 11.2. The van der Waals surface area contributed by atoms with E-state index in [0.717, 1.165) is 16.8 Å². The van der Waals surface area contributed by atoms with Crippen molar-refractivity contribution in [3.8, 4) is 16.9 Å². The molecule has 0 unspecified atom stereocenters. The van der Waals surface area contributed by atoms with Crippen LogP contribution in [0.1, 0.15) is 5.69 Å². The van der Waals surface area contributed by atoms with Crippen LogP contribution < -0.4 is 9.75 Å². The first kappa shape index (κ1) is 19.9. The fraction of sp³-hybridized carbons (Fsp3) is 0.0952. The maximum Gasteiger partial charge on any atom is 0.128 e. The second kappa shape index (κ2) is 8.87. The molecule has 0 radical (unpaired) electrons. The van der Waals surface area contributed by atoms with E-state index in [1.54, 1.807) is 37.5 Å². The van der Waals surface area contributed by atoms with Crippen molar-refractivity contribution in [1.29, 1.82) is 0 Å². The van der Waals surface area contributed by atoms with Crippen molar-refractivity contribution in [2.24, 2.45) is 10.3 Å². The highest BCUT2D eigenvalue weighted by Crippen LogP contribution is 2.38. The SMILES string of the molecule is C=C(N=NN(C)c1ccc(-c2cc(Cl)ccc2Cl)c(OC)c1)c1ccccn1. The topological polar surface area (TPSA) is 50.1 Å². The fourth-order valence-corrected chi connectivity index (χ4v) is 2.96. The fourth-order valence-electron chi connectivity index (χ4n) is 2.56. The molecule has 7 heteroatoms. The van der Waals surface area contributed by atoms with Gasteiger partial charge in [-0.3, -0.25) is 4.98 Å². The number of pyridine rings is 1. The van der Waals surface area contributed by atoms with Gasteiger partial charge in [0.2, 0.25) is 0 Å². The minimum atomic E-state index is 0.474. The quantitative estimate of drug-likeness (QED) is 0.341. The molecule has 0 aliphatic rings. The van der Waals surface area contributed by atoms with Gasteiger partial charge in [0.1, 0.15) is 11.4 Å². The third-order valence-corrected chi connectivity index (χ3v) is 4.60. The molecule has 0 aliphatic carbocycles. The smallest absolute Gasteiger partial charge is 0.128 e. The van der Waals surface area contributed by atoms with E-state index in [1.165, 1.54) is 0 Å². The van der Waals surface area contributed by atoms with Crippen molar-refractivity contribution >= 4 is 34.6 Å². The van der Waals surface area contributed by atoms with Crippen LogP contribution in [-0.4, -0.2) is 19.1 Å². The van der Waals surface area contributed by atoms with Crippen LogP contribution in [0.5, 0.6) is 5.75 Å². The molecule has 142 valence electrons. The summed E-state index contributed by atoms with van der Waals surface area (Å²) in [4.78, 5) is 4.20. The third kappa shape index (κ3) is 4.50. The van der Waals surface area contributed by atoms with E-state index < -0.39 is 0 Å². The molecule has 1 heterocycles. The number of ether oxygens (including phenoxy) is 1. The molecule has 1 aromatic heterocycles. The summed E-state index contributed by atoms with van der Waals surface area (Å²) in [6, 6.07) is 16.5. The second-order valence-corrected chi connectivity index (χ2v) is 6.73. The molecule has 28 heavy (non-hydrogen) atoms. The van der Waals surface area contributed by atoms with E-state index >= 15 is 0 Å². The third-order valence-electron chi connectivity index (χ3n) is 4.04. The van der Waals surface area contributed by atoms with Crippen molar-refractivity contribution in [1.82, 2.24) is 4.98 Å². The Morgan fingerprint density at radius 1 is 1.07 bits per heavy atom. The maximum atomic E-state index is 6.33. The molecule has 0 spiro atoms. The minimum absolute atomic E-state index is 0.474. The predicted molar refractivity (Wildman–Crippen MR) is 115 cm³/mol. The molecule has 0 N–H and O–H groups in total. The lowest BCUT2D eigenvalue weighted by atomic mass is 10.0.